The summed E-state index contributed by atoms with van der Waals surface area (Å²) < 4.78 is 0. The number of nitrogens with zero attached hydrogens (tertiary/aromatic N) is 2. The second-order valence-electron chi connectivity index (χ2n) is 6.92. The average Bonchev–Trinajstić information content (AvgIpc) is 2.91. The van der Waals surface area contributed by atoms with Crippen LogP contribution in [-0.4, -0.2) is 46.2 Å². The lowest BCUT2D eigenvalue weighted by molar-refractivity contribution is 0.0462. The number of carbonyl (C=O) groups is 1. The highest BCUT2D eigenvalue weighted by Crippen LogP contribution is 2.32. The Hall–Kier alpha value is -2.08. The Morgan fingerprint density at radius 3 is 2.83 bits per heavy atom. The number of aromatic amines is 1. The number of nitrogens with two attached hydrogens (primary N) is 1. The van der Waals surface area contributed by atoms with Gasteiger partial charge in [0.2, 0.25) is 0 Å². The fraction of sp³-hybridized carbons (Fsp3) is 0.529. The van der Waals surface area contributed by atoms with Gasteiger partial charge in [-0.05, 0) is 50.9 Å². The molecular formula is C17H23N5O. The van der Waals surface area contributed by atoms with Crippen molar-refractivity contribution >= 4 is 22.5 Å². The highest BCUT2D eigenvalue weighted by atomic mass is 16.2. The minimum Gasteiger partial charge on any atom is -0.399 e. The third-order valence-electron chi connectivity index (χ3n) is 5.48. The number of rotatable bonds is 2. The Labute approximate surface area is 135 Å². The van der Waals surface area contributed by atoms with Crippen molar-refractivity contribution in [2.24, 2.45) is 0 Å². The second-order valence-corrected chi connectivity index (χ2v) is 6.92. The standard InChI is InChI=1S/C17H23N5O/c1-22-12-3-2-4-13(22)9-11(8-12)19-17(23)16-14-7-10(18)5-6-15(14)20-21-16/h5-7,11-13H,2-4,8-9,18H2,1H3,(H,19,23)(H,20,21). The zero-order valence-corrected chi connectivity index (χ0v) is 13.4. The third-order valence-corrected chi connectivity index (χ3v) is 5.48. The predicted octanol–water partition coefficient (Wildman–Crippen LogP) is 1.89. The van der Waals surface area contributed by atoms with Gasteiger partial charge in [-0.15, -0.1) is 0 Å². The van der Waals surface area contributed by atoms with Crippen molar-refractivity contribution in [3.63, 3.8) is 0 Å². The van der Waals surface area contributed by atoms with Crippen molar-refractivity contribution < 1.29 is 4.79 Å². The summed E-state index contributed by atoms with van der Waals surface area (Å²) in [6.45, 7) is 0. The first-order valence-electron chi connectivity index (χ1n) is 8.38. The summed E-state index contributed by atoms with van der Waals surface area (Å²) in [6.07, 6.45) is 5.85. The lowest BCUT2D eigenvalue weighted by atomic mass is 9.82. The molecule has 2 fully saturated rings. The maximum atomic E-state index is 12.7. The molecule has 4 rings (SSSR count). The van der Waals surface area contributed by atoms with Crippen molar-refractivity contribution in [1.29, 1.82) is 0 Å². The average molecular weight is 313 g/mol. The van der Waals surface area contributed by atoms with Crippen LogP contribution < -0.4 is 11.1 Å². The molecule has 0 aliphatic carbocycles. The van der Waals surface area contributed by atoms with Crippen LogP contribution in [0.2, 0.25) is 0 Å². The summed E-state index contributed by atoms with van der Waals surface area (Å²) in [4.78, 5) is 15.1. The summed E-state index contributed by atoms with van der Waals surface area (Å²) in [7, 11) is 2.22. The molecule has 6 heteroatoms. The number of amides is 1. The summed E-state index contributed by atoms with van der Waals surface area (Å²) >= 11 is 0. The van der Waals surface area contributed by atoms with Crippen LogP contribution in [0.4, 0.5) is 5.69 Å². The van der Waals surface area contributed by atoms with Gasteiger partial charge in [0, 0.05) is 29.2 Å². The van der Waals surface area contributed by atoms with Crippen LogP contribution in [0.25, 0.3) is 10.9 Å². The van der Waals surface area contributed by atoms with E-state index in [-0.39, 0.29) is 11.9 Å². The van der Waals surface area contributed by atoms with E-state index in [2.05, 4.69) is 27.5 Å². The van der Waals surface area contributed by atoms with Gasteiger partial charge in [-0.1, -0.05) is 6.42 Å². The van der Waals surface area contributed by atoms with Crippen LogP contribution >= 0.6 is 0 Å². The molecule has 1 aromatic carbocycles. The maximum absolute atomic E-state index is 12.7. The van der Waals surface area contributed by atoms with E-state index in [4.69, 9.17) is 5.73 Å². The van der Waals surface area contributed by atoms with E-state index in [9.17, 15) is 4.79 Å². The van der Waals surface area contributed by atoms with Gasteiger partial charge in [0.15, 0.2) is 5.69 Å². The minimum absolute atomic E-state index is 0.102. The Morgan fingerprint density at radius 2 is 2.09 bits per heavy atom. The van der Waals surface area contributed by atoms with Crippen LogP contribution in [0.15, 0.2) is 18.2 Å². The molecule has 2 aromatic rings. The molecule has 2 saturated heterocycles. The molecule has 1 amide bonds. The number of benzene rings is 1. The number of fused-ring (bicyclic) bond motifs is 3. The minimum atomic E-state index is -0.102. The highest BCUT2D eigenvalue weighted by molar-refractivity contribution is 6.05. The summed E-state index contributed by atoms with van der Waals surface area (Å²) in [5, 5.41) is 11.1. The van der Waals surface area contributed by atoms with Gasteiger partial charge in [0.1, 0.15) is 0 Å². The molecule has 6 nitrogen and oxygen atoms in total. The molecule has 2 bridgehead atoms. The van der Waals surface area contributed by atoms with E-state index in [1.807, 2.05) is 6.07 Å². The van der Waals surface area contributed by atoms with Crippen LogP contribution in [0.5, 0.6) is 0 Å². The molecule has 4 N–H and O–H groups in total. The fourth-order valence-electron chi connectivity index (χ4n) is 4.19. The molecule has 2 aliphatic rings. The molecule has 2 aliphatic heterocycles. The molecule has 0 spiro atoms. The van der Waals surface area contributed by atoms with Crippen molar-refractivity contribution in [2.75, 3.05) is 12.8 Å². The number of hydrogen-bond acceptors (Lipinski definition) is 4. The normalized spacial score (nSPS) is 28.0. The van der Waals surface area contributed by atoms with Gasteiger partial charge < -0.3 is 16.0 Å². The van der Waals surface area contributed by atoms with Gasteiger partial charge >= 0.3 is 0 Å². The van der Waals surface area contributed by atoms with Crippen LogP contribution in [0.3, 0.4) is 0 Å². The maximum Gasteiger partial charge on any atom is 0.272 e. The van der Waals surface area contributed by atoms with Gasteiger partial charge in [0.25, 0.3) is 5.91 Å². The quantitative estimate of drug-likeness (QED) is 0.739. The SMILES string of the molecule is CN1C2CCCC1CC(NC(=O)c1n[nH]c3ccc(N)cc13)C2. The molecule has 3 heterocycles. The molecule has 2 unspecified atom stereocenters. The number of aromatic nitrogens is 2. The van der Waals surface area contributed by atoms with E-state index in [0.717, 1.165) is 23.7 Å². The largest absolute Gasteiger partial charge is 0.399 e. The molecule has 2 atom stereocenters. The first-order chi connectivity index (χ1) is 11.1. The Morgan fingerprint density at radius 1 is 1.35 bits per heavy atom. The predicted molar refractivity (Wildman–Crippen MR) is 90.2 cm³/mol. The highest BCUT2D eigenvalue weighted by Gasteiger charge is 2.36. The summed E-state index contributed by atoms with van der Waals surface area (Å²) in [6, 6.07) is 6.90. The second kappa shape index (κ2) is 5.53. The zero-order valence-electron chi connectivity index (χ0n) is 13.4. The van der Waals surface area contributed by atoms with E-state index >= 15 is 0 Å². The van der Waals surface area contributed by atoms with Crippen molar-refractivity contribution in [2.45, 2.75) is 50.2 Å². The fourth-order valence-corrected chi connectivity index (χ4v) is 4.19. The van der Waals surface area contributed by atoms with E-state index in [1.54, 1.807) is 12.1 Å². The van der Waals surface area contributed by atoms with Crippen LogP contribution in [0.1, 0.15) is 42.6 Å². The Balaban J connectivity index is 1.52. The molecular weight excluding hydrogens is 290 g/mol. The van der Waals surface area contributed by atoms with Gasteiger partial charge in [-0.3, -0.25) is 9.89 Å². The molecule has 1 aromatic heterocycles. The summed E-state index contributed by atoms with van der Waals surface area (Å²) in [5.74, 6) is -0.102. The lowest BCUT2D eigenvalue weighted by Gasteiger charge is -2.47. The monoisotopic (exact) mass is 313 g/mol. The first-order valence-corrected chi connectivity index (χ1v) is 8.38. The van der Waals surface area contributed by atoms with Gasteiger partial charge in [0.05, 0.1) is 5.52 Å². The lowest BCUT2D eigenvalue weighted by Crippen LogP contribution is -2.55. The number of nitrogen functional groups attached to an aromatic ring is 1. The van der Waals surface area contributed by atoms with E-state index in [1.165, 1.54) is 19.3 Å². The molecule has 23 heavy (non-hydrogen) atoms. The Bertz CT molecular complexity index is 726. The van der Waals surface area contributed by atoms with Crippen LogP contribution in [0, 0.1) is 0 Å². The summed E-state index contributed by atoms with van der Waals surface area (Å²) in [5.41, 5.74) is 7.75. The Kier molecular flexibility index (Phi) is 3.49. The number of H-pyrrole nitrogens is 1. The molecule has 0 radical (unpaired) electrons. The first kappa shape index (κ1) is 14.5. The van der Waals surface area contributed by atoms with Crippen molar-refractivity contribution in [3.05, 3.63) is 23.9 Å². The smallest absolute Gasteiger partial charge is 0.272 e. The van der Waals surface area contributed by atoms with Gasteiger partial charge in [-0.25, -0.2) is 0 Å². The number of anilines is 1. The third kappa shape index (κ3) is 2.57. The molecule has 0 saturated carbocycles. The van der Waals surface area contributed by atoms with E-state index in [0.29, 0.717) is 23.5 Å². The van der Waals surface area contributed by atoms with Crippen LogP contribution in [-0.2, 0) is 0 Å². The number of hydrogen-bond donors (Lipinski definition) is 3. The topological polar surface area (TPSA) is 87.0 Å². The van der Waals surface area contributed by atoms with Gasteiger partial charge in [-0.2, -0.15) is 5.10 Å². The number of carbonyl (C=O) groups excluding carboxylic acids is 1. The van der Waals surface area contributed by atoms with Crippen molar-refractivity contribution in [3.8, 4) is 0 Å². The van der Waals surface area contributed by atoms with Crippen molar-refractivity contribution in [1.82, 2.24) is 20.4 Å². The molecule has 122 valence electrons. The zero-order chi connectivity index (χ0) is 16.0. The number of nitrogens with one attached hydrogen (secondary N) is 2. The number of piperidine rings is 2. The van der Waals surface area contributed by atoms with E-state index < -0.39 is 0 Å².